The maximum atomic E-state index is 5.86. The summed E-state index contributed by atoms with van der Waals surface area (Å²) in [6, 6.07) is 7.90. The van der Waals surface area contributed by atoms with Crippen molar-refractivity contribution in [1.82, 2.24) is 15.5 Å². The maximum absolute atomic E-state index is 5.86. The van der Waals surface area contributed by atoms with Gasteiger partial charge >= 0.3 is 0 Å². The number of nitrogens with zero attached hydrogens (tertiary/aromatic N) is 3. The van der Waals surface area contributed by atoms with Crippen LogP contribution in [0.4, 0.5) is 5.95 Å². The summed E-state index contributed by atoms with van der Waals surface area (Å²) in [6.07, 6.45) is 4.01. The van der Waals surface area contributed by atoms with Gasteiger partial charge in [0, 0.05) is 31.7 Å². The quantitative estimate of drug-likeness (QED) is 0.932. The average molecular weight is 300 g/mol. The second kappa shape index (κ2) is 5.96. The van der Waals surface area contributed by atoms with Crippen LogP contribution in [0.2, 0.25) is 0 Å². The van der Waals surface area contributed by atoms with Crippen molar-refractivity contribution in [3.8, 4) is 17.2 Å². The van der Waals surface area contributed by atoms with Crippen LogP contribution in [0.25, 0.3) is 11.5 Å². The SMILES string of the molecule is c1cc(-c2nc(N3CCNCC3)no2)ccc1OC1CCC1. The molecule has 1 aliphatic heterocycles. The van der Waals surface area contributed by atoms with Gasteiger partial charge in [-0.15, -0.1) is 0 Å². The Bertz CT molecular complexity index is 615. The minimum absolute atomic E-state index is 0.397. The smallest absolute Gasteiger partial charge is 0.266 e. The number of anilines is 1. The van der Waals surface area contributed by atoms with E-state index < -0.39 is 0 Å². The highest BCUT2D eigenvalue weighted by molar-refractivity contribution is 5.55. The summed E-state index contributed by atoms with van der Waals surface area (Å²) < 4.78 is 11.3. The minimum Gasteiger partial charge on any atom is -0.490 e. The number of benzene rings is 1. The Labute approximate surface area is 129 Å². The molecule has 0 spiro atoms. The first-order valence-electron chi connectivity index (χ1n) is 7.95. The number of hydrogen-bond donors (Lipinski definition) is 1. The van der Waals surface area contributed by atoms with E-state index in [4.69, 9.17) is 9.26 Å². The molecule has 22 heavy (non-hydrogen) atoms. The number of nitrogens with one attached hydrogen (secondary N) is 1. The fourth-order valence-corrected chi connectivity index (χ4v) is 2.68. The lowest BCUT2D eigenvalue weighted by Crippen LogP contribution is -2.44. The molecule has 0 amide bonds. The summed E-state index contributed by atoms with van der Waals surface area (Å²) >= 11 is 0. The molecule has 0 unspecified atom stereocenters. The fourth-order valence-electron chi connectivity index (χ4n) is 2.68. The third-order valence-corrected chi connectivity index (χ3v) is 4.27. The van der Waals surface area contributed by atoms with Crippen molar-refractivity contribution >= 4 is 5.95 Å². The Kier molecular flexibility index (Phi) is 3.68. The van der Waals surface area contributed by atoms with Crippen LogP contribution in [-0.4, -0.2) is 42.4 Å². The van der Waals surface area contributed by atoms with Crippen molar-refractivity contribution in [2.24, 2.45) is 0 Å². The second-order valence-corrected chi connectivity index (χ2v) is 5.83. The molecule has 6 heteroatoms. The van der Waals surface area contributed by atoms with Gasteiger partial charge < -0.3 is 19.5 Å². The van der Waals surface area contributed by atoms with Crippen LogP contribution >= 0.6 is 0 Å². The number of ether oxygens (including phenoxy) is 1. The number of rotatable bonds is 4. The van der Waals surface area contributed by atoms with Crippen LogP contribution in [-0.2, 0) is 0 Å². The topological polar surface area (TPSA) is 63.4 Å². The first-order valence-corrected chi connectivity index (χ1v) is 7.95. The zero-order valence-electron chi connectivity index (χ0n) is 12.5. The van der Waals surface area contributed by atoms with Crippen LogP contribution in [0.3, 0.4) is 0 Å². The van der Waals surface area contributed by atoms with Gasteiger partial charge in [0.25, 0.3) is 11.8 Å². The molecule has 1 saturated carbocycles. The van der Waals surface area contributed by atoms with E-state index in [1.165, 1.54) is 19.3 Å². The molecular formula is C16H20N4O2. The zero-order chi connectivity index (χ0) is 14.8. The lowest BCUT2D eigenvalue weighted by atomic mass is 9.96. The summed E-state index contributed by atoms with van der Waals surface area (Å²) in [6.45, 7) is 3.73. The van der Waals surface area contributed by atoms with Gasteiger partial charge in [0.15, 0.2) is 0 Å². The van der Waals surface area contributed by atoms with Crippen molar-refractivity contribution in [3.63, 3.8) is 0 Å². The normalized spacial score (nSPS) is 19.0. The minimum atomic E-state index is 0.397. The highest BCUT2D eigenvalue weighted by atomic mass is 16.5. The monoisotopic (exact) mass is 300 g/mol. The first-order chi connectivity index (χ1) is 10.9. The Morgan fingerprint density at radius 3 is 2.59 bits per heavy atom. The van der Waals surface area contributed by atoms with E-state index in [1.807, 2.05) is 24.3 Å². The van der Waals surface area contributed by atoms with E-state index >= 15 is 0 Å². The standard InChI is InChI=1S/C16H20N4O2/c1-2-13(3-1)21-14-6-4-12(5-7-14)15-18-16(19-22-15)20-10-8-17-9-11-20/h4-7,13,17H,1-3,8-11H2. The van der Waals surface area contributed by atoms with Gasteiger partial charge in [-0.05, 0) is 48.7 Å². The predicted molar refractivity (Wildman–Crippen MR) is 83.1 cm³/mol. The van der Waals surface area contributed by atoms with Gasteiger partial charge in [0.1, 0.15) is 5.75 Å². The molecule has 0 bridgehead atoms. The zero-order valence-corrected chi connectivity index (χ0v) is 12.5. The van der Waals surface area contributed by atoms with Gasteiger partial charge in [0.05, 0.1) is 6.10 Å². The molecule has 0 atom stereocenters. The summed E-state index contributed by atoms with van der Waals surface area (Å²) in [7, 11) is 0. The third-order valence-electron chi connectivity index (χ3n) is 4.27. The molecule has 2 aliphatic rings. The summed E-state index contributed by atoms with van der Waals surface area (Å²) in [4.78, 5) is 6.64. The number of piperazine rings is 1. The van der Waals surface area contributed by atoms with Crippen LogP contribution in [0.15, 0.2) is 28.8 Å². The Hall–Kier alpha value is -2.08. The molecule has 6 nitrogen and oxygen atoms in total. The lowest BCUT2D eigenvalue weighted by Gasteiger charge is -2.26. The molecule has 1 aromatic heterocycles. The third kappa shape index (κ3) is 2.78. The maximum Gasteiger partial charge on any atom is 0.266 e. The number of aromatic nitrogens is 2. The van der Waals surface area contributed by atoms with E-state index in [2.05, 4.69) is 20.4 Å². The molecule has 1 N–H and O–H groups in total. The van der Waals surface area contributed by atoms with Crippen molar-refractivity contribution in [1.29, 1.82) is 0 Å². The molecule has 1 aromatic carbocycles. The molecule has 2 aromatic rings. The van der Waals surface area contributed by atoms with Crippen LogP contribution in [0, 0.1) is 0 Å². The van der Waals surface area contributed by atoms with Gasteiger partial charge in [0.2, 0.25) is 0 Å². The van der Waals surface area contributed by atoms with Crippen molar-refractivity contribution in [2.75, 3.05) is 31.1 Å². The van der Waals surface area contributed by atoms with E-state index in [9.17, 15) is 0 Å². The molecule has 2 heterocycles. The highest BCUT2D eigenvalue weighted by Crippen LogP contribution is 2.27. The number of hydrogen-bond acceptors (Lipinski definition) is 6. The molecule has 1 aliphatic carbocycles. The second-order valence-electron chi connectivity index (χ2n) is 5.83. The predicted octanol–water partition coefficient (Wildman–Crippen LogP) is 2.08. The largest absolute Gasteiger partial charge is 0.490 e. The summed E-state index contributed by atoms with van der Waals surface area (Å²) in [5.41, 5.74) is 0.926. The van der Waals surface area contributed by atoms with Crippen LogP contribution < -0.4 is 15.0 Å². The van der Waals surface area contributed by atoms with Crippen molar-refractivity contribution in [3.05, 3.63) is 24.3 Å². The fraction of sp³-hybridized carbons (Fsp3) is 0.500. The lowest BCUT2D eigenvalue weighted by molar-refractivity contribution is 0.120. The Balaban J connectivity index is 1.45. The van der Waals surface area contributed by atoms with E-state index in [1.54, 1.807) is 0 Å². The van der Waals surface area contributed by atoms with Crippen LogP contribution in [0.5, 0.6) is 5.75 Å². The van der Waals surface area contributed by atoms with E-state index in [0.29, 0.717) is 17.9 Å². The molecule has 2 fully saturated rings. The van der Waals surface area contributed by atoms with Crippen molar-refractivity contribution < 1.29 is 9.26 Å². The Morgan fingerprint density at radius 1 is 1.14 bits per heavy atom. The molecule has 4 rings (SSSR count). The van der Waals surface area contributed by atoms with Gasteiger partial charge in [-0.2, -0.15) is 4.98 Å². The first kappa shape index (κ1) is 13.6. The van der Waals surface area contributed by atoms with E-state index in [0.717, 1.165) is 37.5 Å². The molecular weight excluding hydrogens is 280 g/mol. The van der Waals surface area contributed by atoms with E-state index in [-0.39, 0.29) is 0 Å². The highest BCUT2D eigenvalue weighted by Gasteiger charge is 2.20. The molecule has 116 valence electrons. The summed E-state index contributed by atoms with van der Waals surface area (Å²) in [5, 5.41) is 7.40. The van der Waals surface area contributed by atoms with Gasteiger partial charge in [-0.3, -0.25) is 0 Å². The van der Waals surface area contributed by atoms with Crippen molar-refractivity contribution in [2.45, 2.75) is 25.4 Å². The van der Waals surface area contributed by atoms with Crippen LogP contribution in [0.1, 0.15) is 19.3 Å². The summed E-state index contributed by atoms with van der Waals surface area (Å²) in [5.74, 6) is 2.14. The van der Waals surface area contributed by atoms with Gasteiger partial charge in [-0.25, -0.2) is 0 Å². The molecule has 1 saturated heterocycles. The average Bonchev–Trinajstić information content (AvgIpc) is 3.02. The Morgan fingerprint density at radius 2 is 1.91 bits per heavy atom. The molecule has 0 radical (unpaired) electrons. The van der Waals surface area contributed by atoms with Gasteiger partial charge in [-0.1, -0.05) is 0 Å².